The van der Waals surface area contributed by atoms with Crippen molar-refractivity contribution in [1.82, 2.24) is 20.1 Å². The Morgan fingerprint density at radius 1 is 0.947 bits per heavy atom. The van der Waals surface area contributed by atoms with Crippen LogP contribution in [0.4, 0.5) is 5.69 Å². The van der Waals surface area contributed by atoms with E-state index in [4.69, 9.17) is 4.74 Å². The monoisotopic (exact) mass is 529 g/mol. The number of methoxy groups -OCH3 is 1. The molecule has 0 bridgehead atoms. The van der Waals surface area contributed by atoms with Crippen LogP contribution in [0.5, 0.6) is 5.75 Å². The second kappa shape index (κ2) is 12.0. The number of rotatable bonds is 9. The summed E-state index contributed by atoms with van der Waals surface area (Å²) in [5, 5.41) is 15.2. The summed E-state index contributed by atoms with van der Waals surface area (Å²) >= 11 is 1.30. The normalized spacial score (nSPS) is 10.8. The second-order valence-corrected chi connectivity index (χ2v) is 9.97. The molecule has 3 aromatic carbocycles. The van der Waals surface area contributed by atoms with Crippen LogP contribution in [0.15, 0.2) is 65.8 Å². The fourth-order valence-electron chi connectivity index (χ4n) is 3.94. The maximum absolute atomic E-state index is 12.8. The van der Waals surface area contributed by atoms with Crippen LogP contribution < -0.4 is 15.4 Å². The van der Waals surface area contributed by atoms with Gasteiger partial charge in [0.25, 0.3) is 5.91 Å². The molecule has 0 aliphatic carbocycles. The number of carbonyl (C=O) groups excluding carboxylic acids is 2. The van der Waals surface area contributed by atoms with E-state index in [0.29, 0.717) is 22.3 Å². The Morgan fingerprint density at radius 3 is 2.53 bits per heavy atom. The van der Waals surface area contributed by atoms with Crippen LogP contribution in [0.3, 0.4) is 0 Å². The van der Waals surface area contributed by atoms with Crippen molar-refractivity contribution in [2.75, 3.05) is 18.2 Å². The summed E-state index contributed by atoms with van der Waals surface area (Å²) < 4.78 is 7.13. The second-order valence-electron chi connectivity index (χ2n) is 9.02. The van der Waals surface area contributed by atoms with Gasteiger partial charge < -0.3 is 15.4 Å². The zero-order chi connectivity index (χ0) is 27.2. The van der Waals surface area contributed by atoms with E-state index < -0.39 is 0 Å². The van der Waals surface area contributed by atoms with Crippen LogP contribution >= 0.6 is 11.8 Å². The van der Waals surface area contributed by atoms with Crippen LogP contribution in [-0.4, -0.2) is 39.4 Å². The number of nitrogens with one attached hydrogen (secondary N) is 2. The van der Waals surface area contributed by atoms with Crippen molar-refractivity contribution in [3.63, 3.8) is 0 Å². The maximum Gasteiger partial charge on any atom is 0.251 e. The number of hydrogen-bond acceptors (Lipinski definition) is 6. The Labute approximate surface area is 226 Å². The average molecular weight is 530 g/mol. The summed E-state index contributed by atoms with van der Waals surface area (Å²) in [5.41, 5.74) is 6.45. The zero-order valence-corrected chi connectivity index (χ0v) is 23.0. The third-order valence-electron chi connectivity index (χ3n) is 6.26. The lowest BCUT2D eigenvalue weighted by Crippen LogP contribution is -2.25. The van der Waals surface area contributed by atoms with Crippen molar-refractivity contribution in [3.8, 4) is 11.4 Å². The van der Waals surface area contributed by atoms with Gasteiger partial charge in [0.1, 0.15) is 5.75 Å². The zero-order valence-electron chi connectivity index (χ0n) is 22.2. The van der Waals surface area contributed by atoms with Gasteiger partial charge in [0.15, 0.2) is 11.0 Å². The first-order chi connectivity index (χ1) is 18.3. The Morgan fingerprint density at radius 2 is 1.74 bits per heavy atom. The van der Waals surface area contributed by atoms with E-state index in [0.717, 1.165) is 33.6 Å². The number of thioether (sulfide) groups is 1. The maximum atomic E-state index is 12.8. The molecular weight excluding hydrogens is 498 g/mol. The number of anilines is 1. The van der Waals surface area contributed by atoms with Gasteiger partial charge in [0, 0.05) is 11.3 Å². The molecule has 8 nitrogen and oxygen atoms in total. The molecule has 4 aromatic rings. The molecule has 0 saturated heterocycles. The molecular formula is C29H31N5O3S. The lowest BCUT2D eigenvalue weighted by molar-refractivity contribution is -0.113. The van der Waals surface area contributed by atoms with Gasteiger partial charge in [0.05, 0.1) is 25.1 Å². The Balaban J connectivity index is 1.55. The fraction of sp³-hybridized carbons (Fsp3) is 0.241. The topological polar surface area (TPSA) is 98.1 Å². The van der Waals surface area contributed by atoms with Crippen molar-refractivity contribution >= 4 is 29.3 Å². The number of hydrogen-bond donors (Lipinski definition) is 2. The molecule has 0 saturated carbocycles. The molecule has 0 atom stereocenters. The average Bonchev–Trinajstić information content (AvgIpc) is 3.32. The first-order valence-corrected chi connectivity index (χ1v) is 13.2. The first kappa shape index (κ1) is 26.9. The Bertz CT molecular complexity index is 1480. The van der Waals surface area contributed by atoms with Crippen LogP contribution in [0.25, 0.3) is 5.69 Å². The number of carbonyl (C=O) groups is 2. The van der Waals surface area contributed by atoms with E-state index in [9.17, 15) is 9.59 Å². The smallest absolute Gasteiger partial charge is 0.251 e. The summed E-state index contributed by atoms with van der Waals surface area (Å²) in [6.07, 6.45) is 0. The minimum Gasteiger partial charge on any atom is -0.497 e. The number of benzene rings is 3. The number of aryl methyl sites for hydroxylation is 3. The minimum absolute atomic E-state index is 0.132. The van der Waals surface area contributed by atoms with Gasteiger partial charge >= 0.3 is 0 Å². The number of nitrogens with zero attached hydrogens (tertiary/aromatic N) is 3. The number of amides is 2. The van der Waals surface area contributed by atoms with Gasteiger partial charge in [-0.25, -0.2) is 0 Å². The quantitative estimate of drug-likeness (QED) is 0.290. The van der Waals surface area contributed by atoms with Gasteiger partial charge in [-0.2, -0.15) is 0 Å². The predicted molar refractivity (Wildman–Crippen MR) is 150 cm³/mol. The fourth-order valence-corrected chi connectivity index (χ4v) is 4.70. The van der Waals surface area contributed by atoms with Crippen molar-refractivity contribution in [2.24, 2.45) is 0 Å². The van der Waals surface area contributed by atoms with Gasteiger partial charge in [-0.1, -0.05) is 42.1 Å². The Kier molecular flexibility index (Phi) is 8.48. The highest BCUT2D eigenvalue weighted by molar-refractivity contribution is 7.99. The summed E-state index contributed by atoms with van der Waals surface area (Å²) in [4.78, 5) is 25.6. The summed E-state index contributed by atoms with van der Waals surface area (Å²) in [6.45, 7) is 8.19. The third kappa shape index (κ3) is 6.23. The Hall–Kier alpha value is -4.11. The highest BCUT2D eigenvalue weighted by atomic mass is 32.2. The molecule has 0 aliphatic rings. The van der Waals surface area contributed by atoms with E-state index in [1.165, 1.54) is 11.8 Å². The molecule has 38 heavy (non-hydrogen) atoms. The van der Waals surface area contributed by atoms with E-state index in [1.54, 1.807) is 31.4 Å². The van der Waals surface area contributed by atoms with Gasteiger partial charge in [-0.15, -0.1) is 10.2 Å². The molecule has 2 N–H and O–H groups in total. The molecule has 2 amide bonds. The van der Waals surface area contributed by atoms with Crippen molar-refractivity contribution in [2.45, 2.75) is 39.4 Å². The minimum atomic E-state index is -0.249. The summed E-state index contributed by atoms with van der Waals surface area (Å²) in [7, 11) is 1.56. The molecule has 0 radical (unpaired) electrons. The first-order valence-electron chi connectivity index (χ1n) is 12.2. The highest BCUT2D eigenvalue weighted by Gasteiger charge is 2.19. The van der Waals surface area contributed by atoms with Crippen LogP contribution in [0, 0.1) is 27.7 Å². The van der Waals surface area contributed by atoms with E-state index in [-0.39, 0.29) is 24.1 Å². The molecule has 196 valence electrons. The van der Waals surface area contributed by atoms with Crippen molar-refractivity contribution in [1.29, 1.82) is 0 Å². The third-order valence-corrected chi connectivity index (χ3v) is 7.18. The van der Waals surface area contributed by atoms with Gasteiger partial charge in [-0.3, -0.25) is 14.2 Å². The standard InChI is InChI=1S/C29H31N5O3S/c1-18-12-13-20(3)24(14-18)31-27(35)17-38-29-33-32-26(34(29)25-11-6-8-19(2)21(25)4)16-30-28(36)22-9-7-10-23(15-22)37-5/h6-15H,16-17H2,1-5H3,(H,30,36)(H,31,35). The van der Waals surface area contributed by atoms with Crippen molar-refractivity contribution < 1.29 is 14.3 Å². The molecule has 0 aliphatic heterocycles. The van der Waals surface area contributed by atoms with Gasteiger partial charge in [-0.05, 0) is 80.3 Å². The van der Waals surface area contributed by atoms with Crippen molar-refractivity contribution in [3.05, 3.63) is 94.3 Å². The molecule has 1 heterocycles. The molecule has 0 unspecified atom stereocenters. The molecule has 0 fully saturated rings. The highest BCUT2D eigenvalue weighted by Crippen LogP contribution is 2.26. The molecule has 4 rings (SSSR count). The van der Waals surface area contributed by atoms with E-state index in [2.05, 4.69) is 20.8 Å². The van der Waals surface area contributed by atoms with Crippen LogP contribution in [0.2, 0.25) is 0 Å². The molecule has 0 spiro atoms. The molecule has 9 heteroatoms. The van der Waals surface area contributed by atoms with Gasteiger partial charge in [0.2, 0.25) is 5.91 Å². The summed E-state index contributed by atoms with van der Waals surface area (Å²) in [5.74, 6) is 0.946. The number of ether oxygens (including phenoxy) is 1. The van der Waals surface area contributed by atoms with E-state index in [1.807, 2.05) is 68.7 Å². The SMILES string of the molecule is COc1cccc(C(=O)NCc2nnc(SCC(=O)Nc3cc(C)ccc3C)n2-c2cccc(C)c2C)c1. The van der Waals surface area contributed by atoms with Crippen LogP contribution in [0.1, 0.15) is 38.4 Å². The number of aromatic nitrogens is 3. The summed E-state index contributed by atoms with van der Waals surface area (Å²) in [6, 6.07) is 18.9. The lowest BCUT2D eigenvalue weighted by atomic mass is 10.1. The molecule has 1 aromatic heterocycles. The lowest BCUT2D eigenvalue weighted by Gasteiger charge is -2.15. The largest absolute Gasteiger partial charge is 0.497 e. The van der Waals surface area contributed by atoms with Crippen LogP contribution in [-0.2, 0) is 11.3 Å². The van der Waals surface area contributed by atoms with E-state index >= 15 is 0 Å². The predicted octanol–water partition coefficient (Wildman–Crippen LogP) is 5.17.